The summed E-state index contributed by atoms with van der Waals surface area (Å²) in [7, 11) is 0. The molecule has 2 aromatic rings. The van der Waals surface area contributed by atoms with Gasteiger partial charge < -0.3 is 15.4 Å². The maximum Gasteiger partial charge on any atom is 0.278 e. The number of aromatic nitrogens is 3. The monoisotopic (exact) mass is 206 g/mol. The van der Waals surface area contributed by atoms with Gasteiger partial charge in [-0.3, -0.25) is 0 Å². The summed E-state index contributed by atoms with van der Waals surface area (Å²) in [5, 5.41) is 12.4. The van der Waals surface area contributed by atoms with Crippen LogP contribution in [0.2, 0.25) is 0 Å². The zero-order chi connectivity index (χ0) is 10.7. The van der Waals surface area contributed by atoms with Gasteiger partial charge in [0.25, 0.3) is 5.89 Å². The lowest BCUT2D eigenvalue weighted by molar-refractivity contribution is 0.293. The molecule has 6 nitrogen and oxygen atoms in total. The van der Waals surface area contributed by atoms with Crippen molar-refractivity contribution in [2.75, 3.05) is 12.3 Å². The molecule has 0 aliphatic heterocycles. The highest BCUT2D eigenvalue weighted by molar-refractivity contribution is 5.65. The predicted molar refractivity (Wildman–Crippen MR) is 52.7 cm³/mol. The first-order chi connectivity index (χ1) is 7.31. The van der Waals surface area contributed by atoms with E-state index in [0.717, 1.165) is 0 Å². The summed E-state index contributed by atoms with van der Waals surface area (Å²) in [4.78, 5) is 8.09. The lowest BCUT2D eigenvalue weighted by Crippen LogP contribution is -1.94. The summed E-state index contributed by atoms with van der Waals surface area (Å²) in [6.07, 6.45) is 1.96. The lowest BCUT2D eigenvalue weighted by Gasteiger charge is -1.96. The predicted octanol–water partition coefficient (Wildman–Crippen LogP) is 0.249. The van der Waals surface area contributed by atoms with E-state index < -0.39 is 0 Å². The zero-order valence-electron chi connectivity index (χ0n) is 7.92. The van der Waals surface area contributed by atoms with Crippen LogP contribution in [0.4, 0.5) is 5.69 Å². The Hall–Kier alpha value is -1.95. The van der Waals surface area contributed by atoms with Gasteiger partial charge in [-0.2, -0.15) is 4.98 Å². The highest BCUT2D eigenvalue weighted by atomic mass is 16.5. The SMILES string of the molecule is Nc1cccnc1-c1nc(CCO)no1. The molecule has 0 unspecified atom stereocenters. The van der Waals surface area contributed by atoms with Crippen molar-refractivity contribution in [3.63, 3.8) is 0 Å². The van der Waals surface area contributed by atoms with E-state index in [2.05, 4.69) is 15.1 Å². The molecule has 0 aliphatic rings. The van der Waals surface area contributed by atoms with Crippen molar-refractivity contribution in [2.24, 2.45) is 0 Å². The van der Waals surface area contributed by atoms with Crippen molar-refractivity contribution in [3.05, 3.63) is 24.2 Å². The quantitative estimate of drug-likeness (QED) is 0.746. The van der Waals surface area contributed by atoms with E-state index in [1.54, 1.807) is 18.3 Å². The van der Waals surface area contributed by atoms with Crippen LogP contribution in [-0.4, -0.2) is 26.8 Å². The van der Waals surface area contributed by atoms with Gasteiger partial charge in [-0.05, 0) is 12.1 Å². The summed E-state index contributed by atoms with van der Waals surface area (Å²) in [5.41, 5.74) is 6.65. The first-order valence-electron chi connectivity index (χ1n) is 4.45. The average molecular weight is 206 g/mol. The van der Waals surface area contributed by atoms with E-state index in [-0.39, 0.29) is 12.5 Å². The Labute approximate surface area is 85.8 Å². The maximum absolute atomic E-state index is 8.69. The Morgan fingerprint density at radius 2 is 2.33 bits per heavy atom. The fourth-order valence-electron chi connectivity index (χ4n) is 1.15. The molecule has 0 saturated heterocycles. The molecule has 0 fully saturated rings. The van der Waals surface area contributed by atoms with Crippen molar-refractivity contribution < 1.29 is 9.63 Å². The standard InChI is InChI=1S/C9H10N4O2/c10-6-2-1-4-11-8(6)9-12-7(3-5-14)13-15-9/h1-2,4,14H,3,5,10H2. The molecule has 0 radical (unpaired) electrons. The minimum absolute atomic E-state index is 0.0172. The van der Waals surface area contributed by atoms with Gasteiger partial charge in [0, 0.05) is 12.6 Å². The van der Waals surface area contributed by atoms with Gasteiger partial charge in [-0.15, -0.1) is 0 Å². The highest BCUT2D eigenvalue weighted by Crippen LogP contribution is 2.20. The number of aliphatic hydroxyl groups excluding tert-OH is 1. The first-order valence-corrected chi connectivity index (χ1v) is 4.45. The van der Waals surface area contributed by atoms with Gasteiger partial charge in [0.1, 0.15) is 0 Å². The smallest absolute Gasteiger partial charge is 0.278 e. The number of aliphatic hydroxyl groups is 1. The number of nitrogens with zero attached hydrogens (tertiary/aromatic N) is 3. The zero-order valence-corrected chi connectivity index (χ0v) is 7.92. The average Bonchev–Trinajstić information content (AvgIpc) is 2.68. The molecule has 0 atom stereocenters. The van der Waals surface area contributed by atoms with Gasteiger partial charge in [-0.1, -0.05) is 5.16 Å². The Morgan fingerprint density at radius 3 is 3.07 bits per heavy atom. The van der Waals surface area contributed by atoms with Crippen LogP contribution in [0.15, 0.2) is 22.9 Å². The van der Waals surface area contributed by atoms with Crippen LogP contribution >= 0.6 is 0 Å². The fraction of sp³-hybridized carbons (Fsp3) is 0.222. The van der Waals surface area contributed by atoms with E-state index in [9.17, 15) is 0 Å². The Balaban J connectivity index is 2.33. The van der Waals surface area contributed by atoms with E-state index in [1.165, 1.54) is 0 Å². The van der Waals surface area contributed by atoms with E-state index >= 15 is 0 Å². The normalized spacial score (nSPS) is 10.5. The number of pyridine rings is 1. The molecule has 3 N–H and O–H groups in total. The molecular formula is C9H10N4O2. The van der Waals surface area contributed by atoms with Crippen LogP contribution in [0.25, 0.3) is 11.6 Å². The maximum atomic E-state index is 8.69. The van der Waals surface area contributed by atoms with Crippen LogP contribution < -0.4 is 5.73 Å². The van der Waals surface area contributed by atoms with Gasteiger partial charge in [-0.25, -0.2) is 4.98 Å². The second-order valence-corrected chi connectivity index (χ2v) is 2.93. The number of hydrogen-bond acceptors (Lipinski definition) is 6. The molecule has 6 heteroatoms. The second-order valence-electron chi connectivity index (χ2n) is 2.93. The Kier molecular flexibility index (Phi) is 2.59. The minimum atomic E-state index is -0.0172. The van der Waals surface area contributed by atoms with Gasteiger partial charge in [0.2, 0.25) is 0 Å². The molecular weight excluding hydrogens is 196 g/mol. The molecule has 0 aromatic carbocycles. The number of hydrogen-bond donors (Lipinski definition) is 2. The number of rotatable bonds is 3. The van der Waals surface area contributed by atoms with E-state index in [0.29, 0.717) is 23.6 Å². The molecule has 2 aromatic heterocycles. The molecule has 0 spiro atoms. The summed E-state index contributed by atoms with van der Waals surface area (Å²) in [6, 6.07) is 3.43. The van der Waals surface area contributed by atoms with Crippen LogP contribution in [0.3, 0.4) is 0 Å². The second kappa shape index (κ2) is 4.05. The van der Waals surface area contributed by atoms with Crippen molar-refractivity contribution in [2.45, 2.75) is 6.42 Å². The topological polar surface area (TPSA) is 98.1 Å². The number of anilines is 1. The molecule has 2 rings (SSSR count). The summed E-state index contributed by atoms with van der Waals surface area (Å²) in [5.74, 6) is 0.717. The van der Waals surface area contributed by atoms with Gasteiger partial charge >= 0.3 is 0 Å². The van der Waals surface area contributed by atoms with Crippen LogP contribution in [0.1, 0.15) is 5.82 Å². The highest BCUT2D eigenvalue weighted by Gasteiger charge is 2.11. The summed E-state index contributed by atoms with van der Waals surface area (Å²) >= 11 is 0. The molecule has 78 valence electrons. The first kappa shape index (κ1) is 9.60. The number of nitrogen functional groups attached to an aromatic ring is 1. The molecule has 0 aliphatic carbocycles. The third-order valence-electron chi connectivity index (χ3n) is 1.84. The van der Waals surface area contributed by atoms with Crippen LogP contribution in [-0.2, 0) is 6.42 Å². The molecule has 0 amide bonds. The Morgan fingerprint density at radius 1 is 1.47 bits per heavy atom. The van der Waals surface area contributed by atoms with E-state index in [4.69, 9.17) is 15.4 Å². The van der Waals surface area contributed by atoms with Crippen LogP contribution in [0, 0.1) is 0 Å². The van der Waals surface area contributed by atoms with Gasteiger partial charge in [0.05, 0.1) is 12.3 Å². The molecule has 2 heterocycles. The van der Waals surface area contributed by atoms with Crippen molar-refractivity contribution in [3.8, 4) is 11.6 Å². The summed E-state index contributed by atoms with van der Waals surface area (Å²) in [6.45, 7) is -0.0172. The summed E-state index contributed by atoms with van der Waals surface area (Å²) < 4.78 is 4.97. The molecule has 0 bridgehead atoms. The molecule has 0 saturated carbocycles. The fourth-order valence-corrected chi connectivity index (χ4v) is 1.15. The lowest BCUT2D eigenvalue weighted by atomic mass is 10.3. The largest absolute Gasteiger partial charge is 0.397 e. The minimum Gasteiger partial charge on any atom is -0.397 e. The van der Waals surface area contributed by atoms with Crippen molar-refractivity contribution in [1.29, 1.82) is 0 Å². The third-order valence-corrected chi connectivity index (χ3v) is 1.84. The molecule has 15 heavy (non-hydrogen) atoms. The Bertz CT molecular complexity index is 455. The van der Waals surface area contributed by atoms with Crippen LogP contribution in [0.5, 0.6) is 0 Å². The third kappa shape index (κ3) is 1.94. The van der Waals surface area contributed by atoms with Crippen molar-refractivity contribution >= 4 is 5.69 Å². The number of nitrogens with two attached hydrogens (primary N) is 1. The van der Waals surface area contributed by atoms with Gasteiger partial charge in [0.15, 0.2) is 11.5 Å². The van der Waals surface area contributed by atoms with E-state index in [1.807, 2.05) is 0 Å². The van der Waals surface area contributed by atoms with Crippen molar-refractivity contribution in [1.82, 2.24) is 15.1 Å².